The van der Waals surface area contributed by atoms with Gasteiger partial charge >= 0.3 is 0 Å². The SMILES string of the molecule is O=C(CCN1CCSC1=O)NCc1ccc(-n2cccn2)cc1. The van der Waals surface area contributed by atoms with Gasteiger partial charge in [0.2, 0.25) is 5.91 Å². The average molecular weight is 330 g/mol. The number of hydrogen-bond donors (Lipinski definition) is 1. The quantitative estimate of drug-likeness (QED) is 0.880. The molecule has 1 fully saturated rings. The minimum atomic E-state index is -0.0362. The lowest BCUT2D eigenvalue weighted by Gasteiger charge is -2.14. The molecule has 0 radical (unpaired) electrons. The van der Waals surface area contributed by atoms with Gasteiger partial charge in [0.1, 0.15) is 0 Å². The normalized spacial score (nSPS) is 14.3. The number of thioether (sulfide) groups is 1. The molecule has 0 atom stereocenters. The van der Waals surface area contributed by atoms with Crippen LogP contribution in [0.3, 0.4) is 0 Å². The number of benzene rings is 1. The summed E-state index contributed by atoms with van der Waals surface area (Å²) in [6.07, 6.45) is 3.96. The lowest BCUT2D eigenvalue weighted by atomic mass is 10.2. The zero-order valence-corrected chi connectivity index (χ0v) is 13.5. The summed E-state index contributed by atoms with van der Waals surface area (Å²) in [5, 5.41) is 7.13. The highest BCUT2D eigenvalue weighted by atomic mass is 32.2. The number of aromatic nitrogens is 2. The van der Waals surface area contributed by atoms with Gasteiger partial charge in [-0.15, -0.1) is 0 Å². The Kier molecular flexibility index (Phi) is 4.97. The molecular weight excluding hydrogens is 312 g/mol. The first-order valence-corrected chi connectivity index (χ1v) is 8.48. The predicted molar refractivity (Wildman–Crippen MR) is 89.5 cm³/mol. The van der Waals surface area contributed by atoms with Gasteiger partial charge in [-0.1, -0.05) is 23.9 Å². The molecule has 0 unspecified atom stereocenters. The molecule has 1 aliphatic rings. The van der Waals surface area contributed by atoms with E-state index >= 15 is 0 Å². The molecule has 1 aromatic carbocycles. The summed E-state index contributed by atoms with van der Waals surface area (Å²) >= 11 is 1.32. The molecule has 120 valence electrons. The molecular formula is C16H18N4O2S. The summed E-state index contributed by atoms with van der Waals surface area (Å²) in [6.45, 7) is 1.72. The fourth-order valence-corrected chi connectivity index (χ4v) is 3.19. The van der Waals surface area contributed by atoms with Crippen molar-refractivity contribution < 1.29 is 9.59 Å². The van der Waals surface area contributed by atoms with Crippen molar-refractivity contribution in [1.29, 1.82) is 0 Å². The van der Waals surface area contributed by atoms with Gasteiger partial charge in [0.25, 0.3) is 5.24 Å². The molecule has 6 nitrogen and oxygen atoms in total. The maximum absolute atomic E-state index is 11.9. The first-order chi connectivity index (χ1) is 11.2. The van der Waals surface area contributed by atoms with Crippen molar-refractivity contribution in [2.75, 3.05) is 18.8 Å². The van der Waals surface area contributed by atoms with Gasteiger partial charge in [-0.25, -0.2) is 4.68 Å². The van der Waals surface area contributed by atoms with Crippen molar-refractivity contribution in [3.05, 3.63) is 48.3 Å². The summed E-state index contributed by atoms with van der Waals surface area (Å²) in [4.78, 5) is 25.0. The molecule has 2 aromatic rings. The Bertz CT molecular complexity index is 670. The van der Waals surface area contributed by atoms with E-state index in [1.165, 1.54) is 11.8 Å². The van der Waals surface area contributed by atoms with Crippen LogP contribution < -0.4 is 5.32 Å². The van der Waals surface area contributed by atoms with Crippen LogP contribution in [0.2, 0.25) is 0 Å². The van der Waals surface area contributed by atoms with Crippen LogP contribution >= 0.6 is 11.8 Å². The van der Waals surface area contributed by atoms with Crippen LogP contribution in [0.5, 0.6) is 0 Å². The summed E-state index contributed by atoms with van der Waals surface area (Å²) < 4.78 is 1.79. The molecule has 0 bridgehead atoms. The van der Waals surface area contributed by atoms with E-state index in [-0.39, 0.29) is 11.1 Å². The van der Waals surface area contributed by atoms with E-state index in [0.29, 0.717) is 19.5 Å². The summed E-state index contributed by atoms with van der Waals surface area (Å²) in [5.41, 5.74) is 2.01. The van der Waals surface area contributed by atoms with Crippen LogP contribution in [-0.2, 0) is 11.3 Å². The molecule has 1 aromatic heterocycles. The van der Waals surface area contributed by atoms with E-state index < -0.39 is 0 Å². The third kappa shape index (κ3) is 4.13. The van der Waals surface area contributed by atoms with Gasteiger partial charge in [0.15, 0.2) is 0 Å². The minimum Gasteiger partial charge on any atom is -0.352 e. The van der Waals surface area contributed by atoms with Crippen molar-refractivity contribution in [2.24, 2.45) is 0 Å². The third-order valence-corrected chi connectivity index (χ3v) is 4.54. The largest absolute Gasteiger partial charge is 0.352 e. The monoisotopic (exact) mass is 330 g/mol. The number of hydrogen-bond acceptors (Lipinski definition) is 4. The standard InChI is InChI=1S/C16H18N4O2S/c21-15(6-9-19-10-11-23-16(19)22)17-12-13-2-4-14(5-3-13)20-8-1-7-18-20/h1-5,7-8H,6,9-12H2,(H,17,21). The summed E-state index contributed by atoms with van der Waals surface area (Å²) in [6, 6.07) is 9.75. The molecule has 1 aliphatic heterocycles. The lowest BCUT2D eigenvalue weighted by molar-refractivity contribution is -0.121. The highest BCUT2D eigenvalue weighted by Crippen LogP contribution is 2.17. The Morgan fingerprint density at radius 1 is 1.30 bits per heavy atom. The van der Waals surface area contributed by atoms with Crippen molar-refractivity contribution in [1.82, 2.24) is 20.0 Å². The fraction of sp³-hybridized carbons (Fsp3) is 0.312. The molecule has 3 rings (SSSR count). The Hall–Kier alpha value is -2.28. The van der Waals surface area contributed by atoms with E-state index in [1.807, 2.05) is 36.5 Å². The fourth-order valence-electron chi connectivity index (χ4n) is 2.34. The molecule has 1 saturated heterocycles. The molecule has 7 heteroatoms. The topological polar surface area (TPSA) is 67.2 Å². The highest BCUT2D eigenvalue weighted by Gasteiger charge is 2.21. The Balaban J connectivity index is 1.44. The molecule has 2 amide bonds. The molecule has 0 aliphatic carbocycles. The van der Waals surface area contributed by atoms with Crippen LogP contribution in [0.15, 0.2) is 42.7 Å². The Labute approximate surface area is 138 Å². The van der Waals surface area contributed by atoms with Gasteiger partial charge in [0.05, 0.1) is 5.69 Å². The molecule has 0 saturated carbocycles. The summed E-state index contributed by atoms with van der Waals surface area (Å²) in [5.74, 6) is 0.786. The zero-order valence-electron chi connectivity index (χ0n) is 12.6. The zero-order chi connectivity index (χ0) is 16.1. The maximum Gasteiger partial charge on any atom is 0.281 e. The van der Waals surface area contributed by atoms with Crippen molar-refractivity contribution in [2.45, 2.75) is 13.0 Å². The Morgan fingerprint density at radius 2 is 2.13 bits per heavy atom. The van der Waals surface area contributed by atoms with Crippen LogP contribution in [0, 0.1) is 0 Å². The third-order valence-electron chi connectivity index (χ3n) is 3.65. The first-order valence-electron chi connectivity index (χ1n) is 7.50. The average Bonchev–Trinajstić information content (AvgIpc) is 3.23. The van der Waals surface area contributed by atoms with Crippen LogP contribution in [0.4, 0.5) is 4.79 Å². The molecule has 0 spiro atoms. The highest BCUT2D eigenvalue weighted by molar-refractivity contribution is 8.13. The van der Waals surface area contributed by atoms with Gasteiger partial charge in [-0.05, 0) is 23.8 Å². The van der Waals surface area contributed by atoms with Crippen molar-refractivity contribution in [3.63, 3.8) is 0 Å². The maximum atomic E-state index is 11.9. The lowest BCUT2D eigenvalue weighted by Crippen LogP contribution is -2.30. The second kappa shape index (κ2) is 7.32. The van der Waals surface area contributed by atoms with E-state index in [0.717, 1.165) is 23.5 Å². The van der Waals surface area contributed by atoms with E-state index in [9.17, 15) is 9.59 Å². The number of carbonyl (C=O) groups excluding carboxylic acids is 2. The smallest absolute Gasteiger partial charge is 0.281 e. The number of nitrogens with zero attached hydrogens (tertiary/aromatic N) is 3. The van der Waals surface area contributed by atoms with Crippen LogP contribution in [-0.4, -0.2) is 44.7 Å². The molecule has 23 heavy (non-hydrogen) atoms. The van der Waals surface area contributed by atoms with Gasteiger partial charge < -0.3 is 10.2 Å². The van der Waals surface area contributed by atoms with Crippen LogP contribution in [0.25, 0.3) is 5.69 Å². The van der Waals surface area contributed by atoms with Gasteiger partial charge in [-0.2, -0.15) is 5.10 Å². The Morgan fingerprint density at radius 3 is 2.78 bits per heavy atom. The number of amides is 2. The second-order valence-corrected chi connectivity index (χ2v) is 6.29. The van der Waals surface area contributed by atoms with Crippen molar-refractivity contribution >= 4 is 22.9 Å². The van der Waals surface area contributed by atoms with E-state index in [4.69, 9.17) is 0 Å². The van der Waals surface area contributed by atoms with Gasteiger partial charge in [-0.3, -0.25) is 9.59 Å². The molecule has 2 heterocycles. The second-order valence-electron chi connectivity index (χ2n) is 5.25. The first kappa shape index (κ1) is 15.6. The van der Waals surface area contributed by atoms with E-state index in [1.54, 1.807) is 15.8 Å². The number of carbonyl (C=O) groups is 2. The summed E-state index contributed by atoms with van der Waals surface area (Å²) in [7, 11) is 0. The van der Waals surface area contributed by atoms with Crippen molar-refractivity contribution in [3.8, 4) is 5.69 Å². The molecule has 1 N–H and O–H groups in total. The minimum absolute atomic E-state index is 0.0362. The number of rotatable bonds is 6. The van der Waals surface area contributed by atoms with Crippen LogP contribution in [0.1, 0.15) is 12.0 Å². The predicted octanol–water partition coefficient (Wildman–Crippen LogP) is 2.05. The van der Waals surface area contributed by atoms with E-state index in [2.05, 4.69) is 10.4 Å². The van der Waals surface area contributed by atoms with Gasteiger partial charge in [0, 0.05) is 44.2 Å². The number of nitrogens with one attached hydrogen (secondary N) is 1.